The maximum Gasteiger partial charge on any atom is 0.416 e. The molecule has 8 heteroatoms. The van der Waals surface area contributed by atoms with Crippen LogP contribution in [0.3, 0.4) is 0 Å². The molecule has 1 amide bonds. The van der Waals surface area contributed by atoms with Crippen LogP contribution in [0.25, 0.3) is 6.08 Å². The third-order valence-electron chi connectivity index (χ3n) is 4.31. The lowest BCUT2D eigenvalue weighted by Crippen LogP contribution is -2.14. The van der Waals surface area contributed by atoms with Crippen LogP contribution in [0, 0.1) is 0 Å². The number of aryl methyl sites for hydroxylation is 1. The molecule has 0 aliphatic heterocycles. The summed E-state index contributed by atoms with van der Waals surface area (Å²) in [5.74, 6) is -0.228. The van der Waals surface area contributed by atoms with E-state index in [0.717, 1.165) is 23.3 Å². The molecule has 0 aliphatic rings. The molecule has 154 valence electrons. The first-order chi connectivity index (χ1) is 14.2. The molecule has 0 fully saturated rings. The van der Waals surface area contributed by atoms with Crippen molar-refractivity contribution in [2.75, 3.05) is 5.32 Å². The summed E-state index contributed by atoms with van der Waals surface area (Å²) in [7, 11) is 1.73. The number of rotatable bonds is 6. The number of anilines is 1. The van der Waals surface area contributed by atoms with E-state index in [0.29, 0.717) is 11.5 Å². The lowest BCUT2D eigenvalue weighted by atomic mass is 10.1. The second-order valence-corrected chi connectivity index (χ2v) is 6.60. The molecule has 0 spiro atoms. The van der Waals surface area contributed by atoms with Gasteiger partial charge in [0.25, 0.3) is 0 Å². The van der Waals surface area contributed by atoms with Gasteiger partial charge in [-0.3, -0.25) is 9.59 Å². The largest absolute Gasteiger partial charge is 0.416 e. The van der Waals surface area contributed by atoms with Crippen LogP contribution in [-0.2, 0) is 24.4 Å². The Morgan fingerprint density at radius 3 is 2.30 bits per heavy atom. The first kappa shape index (κ1) is 21.0. The normalized spacial score (nSPS) is 11.6. The van der Waals surface area contributed by atoms with E-state index < -0.39 is 11.7 Å². The van der Waals surface area contributed by atoms with Crippen molar-refractivity contribution in [3.8, 4) is 0 Å². The van der Waals surface area contributed by atoms with Crippen LogP contribution >= 0.6 is 0 Å². The van der Waals surface area contributed by atoms with Crippen LogP contribution in [0.1, 0.15) is 27.3 Å². The number of nitrogens with zero attached hydrogens (tertiary/aromatic N) is 2. The zero-order chi connectivity index (χ0) is 21.7. The lowest BCUT2D eigenvalue weighted by Gasteiger charge is -2.09. The van der Waals surface area contributed by atoms with Gasteiger partial charge >= 0.3 is 6.18 Å². The number of hydrogen-bond donors (Lipinski definition) is 1. The maximum atomic E-state index is 12.6. The number of imidazole rings is 1. The molecule has 0 saturated carbocycles. The average Bonchev–Trinajstić information content (AvgIpc) is 3.13. The minimum atomic E-state index is -4.42. The number of alkyl halides is 3. The lowest BCUT2D eigenvalue weighted by molar-refractivity contribution is -0.137. The van der Waals surface area contributed by atoms with Crippen molar-refractivity contribution in [1.82, 2.24) is 9.55 Å². The van der Waals surface area contributed by atoms with Gasteiger partial charge in [0.2, 0.25) is 11.7 Å². The highest BCUT2D eigenvalue weighted by Crippen LogP contribution is 2.29. The summed E-state index contributed by atoms with van der Waals surface area (Å²) in [6.45, 7) is 0. The molecule has 0 saturated heterocycles. The topological polar surface area (TPSA) is 64.0 Å². The van der Waals surface area contributed by atoms with Crippen molar-refractivity contribution in [2.24, 2.45) is 7.05 Å². The third-order valence-corrected chi connectivity index (χ3v) is 4.31. The van der Waals surface area contributed by atoms with Gasteiger partial charge in [-0.15, -0.1) is 0 Å². The van der Waals surface area contributed by atoms with Gasteiger partial charge in [-0.1, -0.05) is 30.3 Å². The molecule has 0 atom stereocenters. The minimum absolute atomic E-state index is 0.0667. The van der Waals surface area contributed by atoms with Crippen LogP contribution in [0.4, 0.5) is 18.9 Å². The second kappa shape index (κ2) is 8.77. The molecule has 1 aromatic heterocycles. The zero-order valence-electron chi connectivity index (χ0n) is 16.0. The summed E-state index contributed by atoms with van der Waals surface area (Å²) in [6.07, 6.45) is 1.97. The molecule has 3 aromatic rings. The molecule has 5 nitrogen and oxygen atoms in total. The van der Waals surface area contributed by atoms with Crippen LogP contribution in [0.2, 0.25) is 0 Å². The molecule has 3 rings (SSSR count). The van der Waals surface area contributed by atoms with E-state index in [1.54, 1.807) is 54.3 Å². The predicted octanol–water partition coefficient (Wildman–Crippen LogP) is 4.52. The maximum absolute atomic E-state index is 12.6. The quantitative estimate of drug-likeness (QED) is 0.478. The molecule has 1 heterocycles. The number of nitrogens with one attached hydrogen (secondary N) is 1. The Kier molecular flexibility index (Phi) is 6.15. The highest BCUT2D eigenvalue weighted by atomic mass is 19.4. The Bertz CT molecular complexity index is 1070. The highest BCUT2D eigenvalue weighted by Gasteiger charge is 2.29. The van der Waals surface area contributed by atoms with Gasteiger partial charge in [0.05, 0.1) is 12.0 Å². The van der Waals surface area contributed by atoms with Crippen molar-refractivity contribution in [3.05, 3.63) is 89.5 Å². The van der Waals surface area contributed by atoms with Crippen molar-refractivity contribution in [1.29, 1.82) is 0 Å². The summed E-state index contributed by atoms with van der Waals surface area (Å²) >= 11 is 0. The van der Waals surface area contributed by atoms with Gasteiger partial charge in [-0.2, -0.15) is 13.2 Å². The van der Waals surface area contributed by atoms with E-state index >= 15 is 0 Å². The monoisotopic (exact) mass is 413 g/mol. The second-order valence-electron chi connectivity index (χ2n) is 6.60. The summed E-state index contributed by atoms with van der Waals surface area (Å²) in [6, 6.07) is 11.3. The summed E-state index contributed by atoms with van der Waals surface area (Å²) in [4.78, 5) is 28.2. The minimum Gasteiger partial charge on any atom is -0.331 e. The van der Waals surface area contributed by atoms with Crippen molar-refractivity contribution >= 4 is 23.5 Å². The van der Waals surface area contributed by atoms with Gasteiger partial charge in [-0.05, 0) is 41.5 Å². The van der Waals surface area contributed by atoms with Gasteiger partial charge < -0.3 is 9.88 Å². The van der Waals surface area contributed by atoms with Crippen molar-refractivity contribution in [3.63, 3.8) is 0 Å². The summed E-state index contributed by atoms with van der Waals surface area (Å²) < 4.78 is 39.4. The van der Waals surface area contributed by atoms with E-state index in [9.17, 15) is 22.8 Å². The number of ketones is 1. The molecular formula is C22H18F3N3O2. The Morgan fingerprint density at radius 1 is 1.07 bits per heavy atom. The number of amides is 1. The predicted molar refractivity (Wildman–Crippen MR) is 107 cm³/mol. The number of allylic oxidation sites excluding steroid dienone is 1. The number of halogens is 3. The zero-order valence-corrected chi connectivity index (χ0v) is 16.0. The number of carbonyl (C=O) groups excluding carboxylic acids is 2. The standard InChI is InChI=1S/C22H18F3N3O2/c1-28-13-12-26-21(28)19(29)11-6-15-2-4-16(5-3-15)14-20(30)27-18-9-7-17(8-10-18)22(23,24)25/h2-13H,14H2,1H3,(H,27,30). The fourth-order valence-corrected chi connectivity index (χ4v) is 2.73. The number of aromatic nitrogens is 2. The summed E-state index contributed by atoms with van der Waals surface area (Å²) in [5, 5.41) is 2.57. The van der Waals surface area contributed by atoms with E-state index in [4.69, 9.17) is 0 Å². The van der Waals surface area contributed by atoms with Crippen molar-refractivity contribution in [2.45, 2.75) is 12.6 Å². The van der Waals surface area contributed by atoms with Gasteiger partial charge in [0.1, 0.15) is 0 Å². The fourth-order valence-electron chi connectivity index (χ4n) is 2.73. The molecule has 0 aliphatic carbocycles. The molecule has 0 unspecified atom stereocenters. The van der Waals surface area contributed by atoms with Crippen molar-refractivity contribution < 1.29 is 22.8 Å². The molecular weight excluding hydrogens is 395 g/mol. The van der Waals surface area contributed by atoms with Crippen LogP contribution < -0.4 is 5.32 Å². The van der Waals surface area contributed by atoms with Gasteiger partial charge in [0.15, 0.2) is 5.82 Å². The molecule has 30 heavy (non-hydrogen) atoms. The molecule has 0 radical (unpaired) electrons. The van der Waals surface area contributed by atoms with Crippen LogP contribution in [0.15, 0.2) is 67.0 Å². The van der Waals surface area contributed by atoms with E-state index in [1.807, 2.05) is 0 Å². The molecule has 2 aromatic carbocycles. The van der Waals surface area contributed by atoms with Crippen LogP contribution in [0.5, 0.6) is 0 Å². The van der Waals surface area contributed by atoms with E-state index in [2.05, 4.69) is 10.3 Å². The summed E-state index contributed by atoms with van der Waals surface area (Å²) in [5.41, 5.74) is 1.03. The first-order valence-electron chi connectivity index (χ1n) is 8.98. The van der Waals surface area contributed by atoms with E-state index in [1.165, 1.54) is 18.2 Å². The Labute approximate surface area is 170 Å². The SMILES string of the molecule is Cn1ccnc1C(=O)C=Cc1ccc(CC(=O)Nc2ccc(C(F)(F)F)cc2)cc1. The number of hydrogen-bond acceptors (Lipinski definition) is 3. The first-order valence-corrected chi connectivity index (χ1v) is 8.98. The third kappa shape index (κ3) is 5.44. The Balaban J connectivity index is 1.56. The van der Waals surface area contributed by atoms with Gasteiger partial charge in [-0.25, -0.2) is 4.98 Å². The highest BCUT2D eigenvalue weighted by molar-refractivity contribution is 6.04. The fraction of sp³-hybridized carbons (Fsp3) is 0.136. The molecule has 1 N–H and O–H groups in total. The number of benzene rings is 2. The molecule has 0 bridgehead atoms. The van der Waals surface area contributed by atoms with Gasteiger partial charge in [0, 0.05) is 25.1 Å². The number of carbonyl (C=O) groups is 2. The Hall–Kier alpha value is -3.68. The average molecular weight is 413 g/mol. The van der Waals surface area contributed by atoms with Crippen LogP contribution in [-0.4, -0.2) is 21.2 Å². The van der Waals surface area contributed by atoms with E-state index in [-0.39, 0.29) is 18.1 Å². The smallest absolute Gasteiger partial charge is 0.331 e. The Morgan fingerprint density at radius 2 is 1.73 bits per heavy atom.